The van der Waals surface area contributed by atoms with Gasteiger partial charge in [0.05, 0.1) is 11.0 Å². The summed E-state index contributed by atoms with van der Waals surface area (Å²) in [5.41, 5.74) is 18.4. The molecule has 3 aromatic rings. The summed E-state index contributed by atoms with van der Waals surface area (Å²) in [6.45, 7) is 8.48. The molecule has 0 aliphatic heterocycles. The maximum Gasteiger partial charge on any atom is 2.00 e. The summed E-state index contributed by atoms with van der Waals surface area (Å²) >= 11 is 0. The third-order valence-electron chi connectivity index (χ3n) is 5.79. The second kappa shape index (κ2) is 15.4. The maximum absolute atomic E-state index is 8.49. The van der Waals surface area contributed by atoms with E-state index in [-0.39, 0.29) is 29.2 Å². The summed E-state index contributed by atoms with van der Waals surface area (Å²) in [5.74, 6) is 0. The molecule has 0 amide bonds. The molecule has 1 radical (unpaired) electrons. The van der Waals surface area contributed by atoms with E-state index in [1.807, 2.05) is 12.4 Å². The summed E-state index contributed by atoms with van der Waals surface area (Å²) in [6.07, 6.45) is 8.67. The van der Waals surface area contributed by atoms with Crippen LogP contribution in [-0.2, 0) is 17.1 Å². The largest absolute Gasteiger partial charge is 2.00 e. The topological polar surface area (TPSA) is 262 Å². The minimum absolute atomic E-state index is 0. The molecular formula is C22H30Cl2CuN4O8. The Morgan fingerprint density at radius 2 is 0.919 bits per heavy atom. The first-order valence-electron chi connectivity index (χ1n) is 10.8. The van der Waals surface area contributed by atoms with Gasteiger partial charge >= 0.3 is 17.1 Å². The van der Waals surface area contributed by atoms with Crippen LogP contribution in [-0.4, -0.2) is 22.1 Å². The zero-order valence-corrected chi connectivity index (χ0v) is 23.1. The SMILES string of the molecule is Cc1cnc2c(ccc3c(C)c(C)cnc32)c1C.N[C@H]1CCCC[C@@H]1N.[Cu+2].[O-][Cl+3]([O-])([O-])[O-].[O-][Cl+3]([O-])([O-])[O-]. The van der Waals surface area contributed by atoms with Crippen molar-refractivity contribution in [1.82, 2.24) is 9.97 Å². The molecule has 37 heavy (non-hydrogen) atoms. The molecule has 1 aliphatic rings. The van der Waals surface area contributed by atoms with Crippen LogP contribution in [0, 0.1) is 48.2 Å². The van der Waals surface area contributed by atoms with Crippen molar-refractivity contribution in [3.05, 3.63) is 46.8 Å². The summed E-state index contributed by atoms with van der Waals surface area (Å²) < 4.78 is 67.9. The Bertz CT molecular complexity index is 1050. The molecule has 4 rings (SSSR count). The monoisotopic (exact) mass is 611 g/mol. The quantitative estimate of drug-likeness (QED) is 0.178. The van der Waals surface area contributed by atoms with Crippen LogP contribution in [0.1, 0.15) is 47.9 Å². The first kappa shape index (κ1) is 35.7. The average Bonchev–Trinajstić information content (AvgIpc) is 2.73. The first-order valence-corrected chi connectivity index (χ1v) is 13.2. The fourth-order valence-corrected chi connectivity index (χ4v) is 3.58. The van der Waals surface area contributed by atoms with E-state index in [4.69, 9.17) is 48.7 Å². The van der Waals surface area contributed by atoms with Gasteiger partial charge < -0.3 is 11.5 Å². The van der Waals surface area contributed by atoms with E-state index in [0.717, 1.165) is 23.9 Å². The van der Waals surface area contributed by atoms with Gasteiger partial charge in [-0.1, -0.05) is 25.0 Å². The third kappa shape index (κ3) is 13.4. The number of halogens is 2. The van der Waals surface area contributed by atoms with Crippen LogP contribution in [0.25, 0.3) is 21.8 Å². The molecule has 1 aliphatic carbocycles. The van der Waals surface area contributed by atoms with E-state index in [1.54, 1.807) is 0 Å². The Kier molecular flexibility index (Phi) is 14.8. The van der Waals surface area contributed by atoms with E-state index >= 15 is 0 Å². The van der Waals surface area contributed by atoms with Gasteiger partial charge in [0.2, 0.25) is 0 Å². The number of aryl methyl sites for hydroxylation is 4. The molecule has 1 saturated carbocycles. The van der Waals surface area contributed by atoms with Crippen molar-refractivity contribution in [2.75, 3.05) is 0 Å². The second-order valence-corrected chi connectivity index (χ2v) is 9.87. The molecule has 12 nitrogen and oxygen atoms in total. The molecule has 0 unspecified atom stereocenters. The first-order chi connectivity index (χ1) is 16.4. The van der Waals surface area contributed by atoms with E-state index in [0.29, 0.717) is 0 Å². The van der Waals surface area contributed by atoms with E-state index < -0.39 is 20.5 Å². The molecule has 211 valence electrons. The standard InChI is InChI=1S/C16H16N2.C6H14N2.2ClHO4.Cu/c1-9-7-17-15-13(11(9)3)5-6-14-12(4)10(2)8-18-16(14)15;7-5-3-1-2-4-6(5)8;2*2-1(3,4)5;/h5-8H,1-4H3;5-6H,1-4,7-8H2;2*(H,2,3,4,5);/q;;;;+2/p-2/t;5-,6-;;;/m.0.../s1. The summed E-state index contributed by atoms with van der Waals surface area (Å²) in [6, 6.07) is 4.90. The van der Waals surface area contributed by atoms with Gasteiger partial charge in [0.15, 0.2) is 0 Å². The van der Waals surface area contributed by atoms with E-state index in [9.17, 15) is 0 Å². The number of fused-ring (bicyclic) bond motifs is 3. The predicted molar refractivity (Wildman–Crippen MR) is 110 cm³/mol. The zero-order chi connectivity index (χ0) is 27.8. The number of pyridine rings is 2. The summed E-state index contributed by atoms with van der Waals surface area (Å²) in [5, 5.41) is 2.41. The van der Waals surface area contributed by atoms with Gasteiger partial charge in [-0.15, -0.1) is 20.5 Å². The van der Waals surface area contributed by atoms with Gasteiger partial charge in [0, 0.05) is 35.2 Å². The molecule has 2 heterocycles. The van der Waals surface area contributed by atoms with Crippen molar-refractivity contribution in [2.24, 2.45) is 11.5 Å². The number of nitrogens with two attached hydrogens (primary N) is 2. The number of hydrogen-bond acceptors (Lipinski definition) is 12. The molecule has 1 aromatic carbocycles. The molecule has 4 N–H and O–H groups in total. The number of benzene rings is 1. The van der Waals surface area contributed by atoms with Gasteiger partial charge in [-0.2, -0.15) is 0 Å². The smallest absolute Gasteiger partial charge is 0.326 e. The number of hydrogen-bond donors (Lipinski definition) is 2. The van der Waals surface area contributed by atoms with Crippen LogP contribution >= 0.6 is 0 Å². The predicted octanol–water partition coefficient (Wildman–Crippen LogP) is -5.28. The number of aromatic nitrogens is 2. The van der Waals surface area contributed by atoms with Crippen molar-refractivity contribution in [3.8, 4) is 0 Å². The number of nitrogens with zero attached hydrogens (tertiary/aromatic N) is 2. The Balaban J connectivity index is 0.000000568. The van der Waals surface area contributed by atoms with Crippen LogP contribution in [0.3, 0.4) is 0 Å². The summed E-state index contributed by atoms with van der Waals surface area (Å²) in [7, 11) is -9.89. The van der Waals surface area contributed by atoms with E-state index in [2.05, 4.69) is 49.8 Å². The van der Waals surface area contributed by atoms with Crippen LogP contribution in [0.4, 0.5) is 0 Å². The Morgan fingerprint density at radius 1 is 0.649 bits per heavy atom. The fraction of sp³-hybridized carbons (Fsp3) is 0.455. The van der Waals surface area contributed by atoms with Crippen LogP contribution in [0.15, 0.2) is 24.5 Å². The Labute approximate surface area is 229 Å². The third-order valence-corrected chi connectivity index (χ3v) is 5.79. The fourth-order valence-electron chi connectivity index (χ4n) is 3.58. The van der Waals surface area contributed by atoms with Gasteiger partial charge in [0.25, 0.3) is 0 Å². The minimum Gasteiger partial charge on any atom is -0.326 e. The van der Waals surface area contributed by atoms with Gasteiger partial charge in [-0.05, 0) is 62.8 Å². The zero-order valence-electron chi connectivity index (χ0n) is 20.7. The summed E-state index contributed by atoms with van der Waals surface area (Å²) in [4.78, 5) is 9.16. The molecule has 2 atom stereocenters. The van der Waals surface area contributed by atoms with Gasteiger partial charge in [0.1, 0.15) is 0 Å². The van der Waals surface area contributed by atoms with Crippen molar-refractivity contribution in [2.45, 2.75) is 65.5 Å². The molecule has 0 saturated heterocycles. The second-order valence-electron chi connectivity index (χ2n) is 8.36. The van der Waals surface area contributed by atoms with Crippen molar-refractivity contribution in [3.63, 3.8) is 0 Å². The molecule has 2 aromatic heterocycles. The normalized spacial score (nSPS) is 17.4. The van der Waals surface area contributed by atoms with Crippen LogP contribution in [0.5, 0.6) is 0 Å². The van der Waals surface area contributed by atoms with E-state index in [1.165, 1.54) is 45.9 Å². The number of rotatable bonds is 0. The molecule has 0 bridgehead atoms. The van der Waals surface area contributed by atoms with Crippen LogP contribution < -0.4 is 48.7 Å². The molecule has 15 heteroatoms. The molecule has 1 fully saturated rings. The van der Waals surface area contributed by atoms with Crippen molar-refractivity contribution >= 4 is 21.8 Å². The van der Waals surface area contributed by atoms with Gasteiger partial charge in [-0.25, -0.2) is 37.3 Å². The Hall–Kier alpha value is -1.26. The van der Waals surface area contributed by atoms with Crippen molar-refractivity contribution in [1.29, 1.82) is 0 Å². The average molecular weight is 613 g/mol. The van der Waals surface area contributed by atoms with Crippen molar-refractivity contribution < 1.29 is 74.8 Å². The molecular weight excluding hydrogens is 583 g/mol. The Morgan fingerprint density at radius 3 is 1.16 bits per heavy atom. The minimum atomic E-state index is -4.94. The van der Waals surface area contributed by atoms with Crippen LogP contribution in [0.2, 0.25) is 0 Å². The molecule has 0 spiro atoms. The van der Waals surface area contributed by atoms with Gasteiger partial charge in [-0.3, -0.25) is 9.97 Å². The maximum atomic E-state index is 8.49.